The van der Waals surface area contributed by atoms with E-state index in [0.29, 0.717) is 5.69 Å². The lowest BCUT2D eigenvalue weighted by Crippen LogP contribution is -2.24. The number of aliphatic hydroxyl groups excluding tert-OH is 1. The first-order valence-corrected chi connectivity index (χ1v) is 4.15. The number of pyridine rings is 1. The highest BCUT2D eigenvalue weighted by Crippen LogP contribution is 2.11. The molecule has 4 N–H and O–H groups in total. The standard InChI is InChI=1S/C9H12N2O3/c1-5(12)8(10)7-3-2-6(4-11-7)9(13)14/h2-5,8,12H,10H2,1H3,(H,13,14). The van der Waals surface area contributed by atoms with E-state index in [2.05, 4.69) is 4.98 Å². The second-order valence-corrected chi connectivity index (χ2v) is 3.04. The van der Waals surface area contributed by atoms with Gasteiger partial charge in [0.2, 0.25) is 0 Å². The molecule has 14 heavy (non-hydrogen) atoms. The number of hydrogen-bond donors (Lipinski definition) is 3. The van der Waals surface area contributed by atoms with E-state index in [0.717, 1.165) is 0 Å². The molecule has 1 rings (SSSR count). The molecule has 0 fully saturated rings. The number of rotatable bonds is 3. The lowest BCUT2D eigenvalue weighted by Gasteiger charge is -2.13. The summed E-state index contributed by atoms with van der Waals surface area (Å²) in [6.07, 6.45) is 0.512. The van der Waals surface area contributed by atoms with E-state index >= 15 is 0 Å². The number of aliphatic hydroxyl groups is 1. The van der Waals surface area contributed by atoms with Gasteiger partial charge in [0.15, 0.2) is 0 Å². The maximum absolute atomic E-state index is 10.5. The zero-order chi connectivity index (χ0) is 10.7. The fraction of sp³-hybridized carbons (Fsp3) is 0.333. The van der Waals surface area contributed by atoms with Crippen molar-refractivity contribution in [2.75, 3.05) is 0 Å². The highest BCUT2D eigenvalue weighted by molar-refractivity contribution is 5.87. The van der Waals surface area contributed by atoms with Gasteiger partial charge in [0.25, 0.3) is 0 Å². The number of nitrogens with zero attached hydrogens (tertiary/aromatic N) is 1. The average molecular weight is 196 g/mol. The molecule has 0 aliphatic carbocycles. The largest absolute Gasteiger partial charge is 0.478 e. The summed E-state index contributed by atoms with van der Waals surface area (Å²) in [6, 6.07) is 2.33. The van der Waals surface area contributed by atoms with Crippen LogP contribution in [0.25, 0.3) is 0 Å². The first-order chi connectivity index (χ1) is 6.52. The molecule has 0 aliphatic rings. The van der Waals surface area contributed by atoms with Gasteiger partial charge in [-0.1, -0.05) is 0 Å². The van der Waals surface area contributed by atoms with Gasteiger partial charge in [0.1, 0.15) is 0 Å². The summed E-state index contributed by atoms with van der Waals surface area (Å²) < 4.78 is 0. The molecule has 0 saturated carbocycles. The van der Waals surface area contributed by atoms with Crippen LogP contribution in [0.15, 0.2) is 18.3 Å². The second-order valence-electron chi connectivity index (χ2n) is 3.04. The fourth-order valence-electron chi connectivity index (χ4n) is 0.976. The van der Waals surface area contributed by atoms with Gasteiger partial charge in [-0.2, -0.15) is 0 Å². The van der Waals surface area contributed by atoms with Crippen molar-refractivity contribution < 1.29 is 15.0 Å². The van der Waals surface area contributed by atoms with Crippen molar-refractivity contribution in [1.29, 1.82) is 0 Å². The normalized spacial score (nSPS) is 14.8. The number of carbonyl (C=O) groups is 1. The van der Waals surface area contributed by atoms with Crippen LogP contribution in [0.3, 0.4) is 0 Å². The number of carboxylic acid groups (broad SMARTS) is 1. The van der Waals surface area contributed by atoms with E-state index in [-0.39, 0.29) is 5.56 Å². The van der Waals surface area contributed by atoms with Crippen molar-refractivity contribution in [2.24, 2.45) is 5.73 Å². The van der Waals surface area contributed by atoms with Crippen LogP contribution in [0.4, 0.5) is 0 Å². The van der Waals surface area contributed by atoms with Crippen molar-refractivity contribution in [3.63, 3.8) is 0 Å². The van der Waals surface area contributed by atoms with E-state index in [1.54, 1.807) is 6.92 Å². The minimum atomic E-state index is -1.03. The number of hydrogen-bond acceptors (Lipinski definition) is 4. The third-order valence-corrected chi connectivity index (χ3v) is 1.89. The lowest BCUT2D eigenvalue weighted by atomic mass is 10.1. The predicted octanol–water partition coefficient (Wildman–Crippen LogP) is 0.160. The molecule has 0 bridgehead atoms. The highest BCUT2D eigenvalue weighted by atomic mass is 16.4. The molecular weight excluding hydrogens is 184 g/mol. The third kappa shape index (κ3) is 2.27. The SMILES string of the molecule is CC(O)C(N)c1ccc(C(=O)O)cn1. The van der Waals surface area contributed by atoms with E-state index in [1.807, 2.05) is 0 Å². The Morgan fingerprint density at radius 3 is 2.57 bits per heavy atom. The van der Waals surface area contributed by atoms with Crippen LogP contribution in [0.2, 0.25) is 0 Å². The van der Waals surface area contributed by atoms with E-state index in [4.69, 9.17) is 10.8 Å². The zero-order valence-corrected chi connectivity index (χ0v) is 7.71. The van der Waals surface area contributed by atoms with E-state index < -0.39 is 18.1 Å². The summed E-state index contributed by atoms with van der Waals surface area (Å²) in [5.41, 5.74) is 6.18. The Bertz CT molecular complexity index is 321. The maximum Gasteiger partial charge on any atom is 0.337 e. The molecule has 1 heterocycles. The van der Waals surface area contributed by atoms with E-state index in [9.17, 15) is 9.90 Å². The lowest BCUT2D eigenvalue weighted by molar-refractivity contribution is 0.0696. The van der Waals surface area contributed by atoms with Gasteiger partial charge in [-0.15, -0.1) is 0 Å². The first kappa shape index (κ1) is 10.6. The molecule has 0 radical (unpaired) electrons. The molecule has 5 heteroatoms. The Morgan fingerprint density at radius 2 is 2.21 bits per heavy atom. The fourth-order valence-corrected chi connectivity index (χ4v) is 0.976. The Kier molecular flexibility index (Phi) is 3.16. The first-order valence-electron chi connectivity index (χ1n) is 4.15. The molecule has 2 atom stereocenters. The van der Waals surface area contributed by atoms with Crippen molar-refractivity contribution >= 4 is 5.97 Å². The molecule has 5 nitrogen and oxygen atoms in total. The molecular formula is C9H12N2O3. The van der Waals surface area contributed by atoms with Crippen LogP contribution in [0.1, 0.15) is 29.0 Å². The van der Waals surface area contributed by atoms with Gasteiger partial charge in [-0.25, -0.2) is 4.79 Å². The van der Waals surface area contributed by atoms with Gasteiger partial charge in [0.05, 0.1) is 23.4 Å². The molecule has 0 spiro atoms. The van der Waals surface area contributed by atoms with Crippen LogP contribution < -0.4 is 5.73 Å². The van der Waals surface area contributed by atoms with Crippen molar-refractivity contribution in [3.05, 3.63) is 29.6 Å². The van der Waals surface area contributed by atoms with Crippen LogP contribution in [-0.2, 0) is 0 Å². The number of carboxylic acids is 1. The number of nitrogens with two attached hydrogens (primary N) is 1. The maximum atomic E-state index is 10.5. The van der Waals surface area contributed by atoms with Crippen molar-refractivity contribution in [1.82, 2.24) is 4.98 Å². The molecule has 2 unspecified atom stereocenters. The highest BCUT2D eigenvalue weighted by Gasteiger charge is 2.13. The Morgan fingerprint density at radius 1 is 1.57 bits per heavy atom. The predicted molar refractivity (Wildman–Crippen MR) is 49.8 cm³/mol. The van der Waals surface area contributed by atoms with Crippen molar-refractivity contribution in [2.45, 2.75) is 19.1 Å². The van der Waals surface area contributed by atoms with Gasteiger partial charge in [0, 0.05) is 6.20 Å². The zero-order valence-electron chi connectivity index (χ0n) is 7.71. The van der Waals surface area contributed by atoms with Gasteiger partial charge >= 0.3 is 5.97 Å². The molecule has 1 aromatic rings. The Balaban J connectivity index is 2.88. The van der Waals surface area contributed by atoms with Gasteiger partial charge < -0.3 is 15.9 Å². The smallest absolute Gasteiger partial charge is 0.337 e. The Hall–Kier alpha value is -1.46. The van der Waals surface area contributed by atoms with Gasteiger partial charge in [-0.3, -0.25) is 4.98 Å². The molecule has 0 saturated heterocycles. The summed E-state index contributed by atoms with van der Waals surface area (Å²) >= 11 is 0. The van der Waals surface area contributed by atoms with Crippen LogP contribution in [0.5, 0.6) is 0 Å². The Labute approximate surface area is 81.2 Å². The molecule has 0 amide bonds. The monoisotopic (exact) mass is 196 g/mol. The molecule has 1 aromatic heterocycles. The summed E-state index contributed by atoms with van der Waals surface area (Å²) in [7, 11) is 0. The topological polar surface area (TPSA) is 96.4 Å². The van der Waals surface area contributed by atoms with Crippen LogP contribution in [-0.4, -0.2) is 27.3 Å². The summed E-state index contributed by atoms with van der Waals surface area (Å²) in [5, 5.41) is 17.8. The van der Waals surface area contributed by atoms with Crippen molar-refractivity contribution in [3.8, 4) is 0 Å². The third-order valence-electron chi connectivity index (χ3n) is 1.89. The quantitative estimate of drug-likeness (QED) is 0.639. The van der Waals surface area contributed by atoms with Crippen LogP contribution in [0, 0.1) is 0 Å². The number of aromatic carboxylic acids is 1. The molecule has 76 valence electrons. The molecule has 0 aliphatic heterocycles. The molecule has 0 aromatic carbocycles. The second kappa shape index (κ2) is 4.17. The minimum absolute atomic E-state index is 0.103. The minimum Gasteiger partial charge on any atom is -0.478 e. The summed E-state index contributed by atoms with van der Waals surface area (Å²) in [5.74, 6) is -1.03. The van der Waals surface area contributed by atoms with Crippen LogP contribution >= 0.6 is 0 Å². The van der Waals surface area contributed by atoms with Gasteiger partial charge in [-0.05, 0) is 19.1 Å². The summed E-state index contributed by atoms with van der Waals surface area (Å²) in [6.45, 7) is 1.55. The van der Waals surface area contributed by atoms with E-state index in [1.165, 1.54) is 18.3 Å². The average Bonchev–Trinajstić information content (AvgIpc) is 2.16. The number of aromatic nitrogens is 1. The summed E-state index contributed by atoms with van der Waals surface area (Å²) in [4.78, 5) is 14.4.